The van der Waals surface area contributed by atoms with Crippen molar-refractivity contribution in [3.05, 3.63) is 64.7 Å². The van der Waals surface area contributed by atoms with E-state index in [0.29, 0.717) is 36.4 Å². The zero-order valence-corrected chi connectivity index (χ0v) is 21.6. The zero-order valence-electron chi connectivity index (χ0n) is 21.6. The molecule has 1 fully saturated rings. The summed E-state index contributed by atoms with van der Waals surface area (Å²) in [5.74, 6) is 0.703. The van der Waals surface area contributed by atoms with Gasteiger partial charge in [0.1, 0.15) is 12.4 Å². The van der Waals surface area contributed by atoms with E-state index in [-0.39, 0.29) is 0 Å². The highest BCUT2D eigenvalue weighted by Crippen LogP contribution is 2.32. The smallest absolute Gasteiger partial charge is 0.120 e. The number of ether oxygens (including phenoxy) is 1. The summed E-state index contributed by atoms with van der Waals surface area (Å²) in [6.07, 6.45) is 6.28. The Morgan fingerprint density at radius 2 is 1.94 bits per heavy atom. The van der Waals surface area contributed by atoms with Crippen LogP contribution >= 0.6 is 0 Å². The highest BCUT2D eigenvalue weighted by atomic mass is 16.5. The van der Waals surface area contributed by atoms with Crippen LogP contribution in [0.15, 0.2) is 42.5 Å². The molecule has 2 unspecified atom stereocenters. The van der Waals surface area contributed by atoms with Gasteiger partial charge in [-0.05, 0) is 55.2 Å². The number of nitrogens with zero attached hydrogens (tertiary/aromatic N) is 5. The van der Waals surface area contributed by atoms with E-state index in [2.05, 4.69) is 47.1 Å². The van der Waals surface area contributed by atoms with Crippen LogP contribution in [0.25, 0.3) is 0 Å². The summed E-state index contributed by atoms with van der Waals surface area (Å²) >= 11 is 0. The largest absolute Gasteiger partial charge is 0.492 e. The SMILES string of the molecule is CCCCCC(c1ccc(C#N)c(C)c1)N1CCC(N(CCC#N)CCOc2cccc(C#N)c2)C1. The van der Waals surface area contributed by atoms with Crippen molar-refractivity contribution in [1.82, 2.24) is 9.80 Å². The van der Waals surface area contributed by atoms with Gasteiger partial charge in [-0.25, -0.2) is 0 Å². The summed E-state index contributed by atoms with van der Waals surface area (Å²) in [4.78, 5) is 4.99. The zero-order chi connectivity index (χ0) is 25.8. The monoisotopic (exact) mass is 483 g/mol. The fourth-order valence-corrected chi connectivity index (χ4v) is 5.12. The van der Waals surface area contributed by atoms with Crippen molar-refractivity contribution in [2.75, 3.05) is 32.8 Å². The Kier molecular flexibility index (Phi) is 10.8. The molecule has 0 saturated carbocycles. The Morgan fingerprint density at radius 1 is 1.08 bits per heavy atom. The molecule has 0 amide bonds. The maximum absolute atomic E-state index is 9.36. The number of unbranched alkanes of at least 4 members (excludes halogenated alkanes) is 2. The van der Waals surface area contributed by atoms with Crippen LogP contribution in [0.1, 0.15) is 73.7 Å². The van der Waals surface area contributed by atoms with E-state index in [4.69, 9.17) is 10.00 Å². The second-order valence-electron chi connectivity index (χ2n) is 9.57. The summed E-state index contributed by atoms with van der Waals surface area (Å²) in [7, 11) is 0. The molecule has 0 radical (unpaired) electrons. The minimum absolute atomic E-state index is 0.343. The van der Waals surface area contributed by atoms with Crippen LogP contribution < -0.4 is 4.74 Å². The summed E-state index contributed by atoms with van der Waals surface area (Å²) in [6, 6.07) is 21.0. The Balaban J connectivity index is 1.67. The van der Waals surface area contributed by atoms with Crippen LogP contribution in [-0.2, 0) is 0 Å². The van der Waals surface area contributed by atoms with Gasteiger partial charge in [-0.15, -0.1) is 0 Å². The van der Waals surface area contributed by atoms with Gasteiger partial charge in [-0.3, -0.25) is 9.80 Å². The quantitative estimate of drug-likeness (QED) is 0.338. The third-order valence-corrected chi connectivity index (χ3v) is 7.11. The number of nitriles is 3. The molecule has 6 nitrogen and oxygen atoms in total. The number of rotatable bonds is 13. The molecule has 2 atom stereocenters. The van der Waals surface area contributed by atoms with Crippen LogP contribution in [0.3, 0.4) is 0 Å². The van der Waals surface area contributed by atoms with Crippen LogP contribution in [0.5, 0.6) is 5.75 Å². The molecule has 0 spiro atoms. The van der Waals surface area contributed by atoms with E-state index in [1.54, 1.807) is 12.1 Å². The molecule has 36 heavy (non-hydrogen) atoms. The lowest BCUT2D eigenvalue weighted by Crippen LogP contribution is -2.41. The first-order valence-corrected chi connectivity index (χ1v) is 13.1. The molecular weight excluding hydrogens is 446 g/mol. The molecular formula is C30H37N5O. The van der Waals surface area contributed by atoms with Crippen LogP contribution in [-0.4, -0.2) is 48.6 Å². The predicted octanol–water partition coefficient (Wildman–Crippen LogP) is 5.73. The summed E-state index contributed by atoms with van der Waals surface area (Å²) < 4.78 is 5.95. The van der Waals surface area contributed by atoms with E-state index in [9.17, 15) is 10.5 Å². The third kappa shape index (κ3) is 7.56. The normalized spacial score (nSPS) is 16.3. The van der Waals surface area contributed by atoms with E-state index < -0.39 is 0 Å². The first-order chi connectivity index (χ1) is 17.6. The first-order valence-electron chi connectivity index (χ1n) is 13.1. The van der Waals surface area contributed by atoms with Gasteiger partial charge in [-0.1, -0.05) is 44.4 Å². The van der Waals surface area contributed by atoms with E-state index in [1.807, 2.05) is 25.1 Å². The Labute approximate surface area is 216 Å². The number of hydrogen-bond acceptors (Lipinski definition) is 6. The second-order valence-corrected chi connectivity index (χ2v) is 9.57. The lowest BCUT2D eigenvalue weighted by Gasteiger charge is -2.32. The van der Waals surface area contributed by atoms with Gasteiger partial charge in [0, 0.05) is 44.7 Å². The van der Waals surface area contributed by atoms with Crippen LogP contribution in [0.4, 0.5) is 0 Å². The molecule has 1 aliphatic heterocycles. The van der Waals surface area contributed by atoms with Crippen molar-refractivity contribution >= 4 is 0 Å². The summed E-state index contributed by atoms with van der Waals surface area (Å²) in [6.45, 7) is 8.23. The molecule has 0 bridgehead atoms. The number of aryl methyl sites for hydroxylation is 1. The topological polar surface area (TPSA) is 87.1 Å². The van der Waals surface area contributed by atoms with E-state index in [0.717, 1.165) is 50.1 Å². The predicted molar refractivity (Wildman–Crippen MR) is 141 cm³/mol. The lowest BCUT2D eigenvalue weighted by molar-refractivity contribution is 0.149. The molecule has 2 aromatic rings. The molecule has 188 valence electrons. The van der Waals surface area contributed by atoms with Gasteiger partial charge < -0.3 is 4.74 Å². The highest BCUT2D eigenvalue weighted by molar-refractivity contribution is 5.40. The summed E-state index contributed by atoms with van der Waals surface area (Å²) in [5.41, 5.74) is 3.67. The van der Waals surface area contributed by atoms with Crippen molar-refractivity contribution in [3.63, 3.8) is 0 Å². The van der Waals surface area contributed by atoms with Crippen LogP contribution in [0.2, 0.25) is 0 Å². The fourth-order valence-electron chi connectivity index (χ4n) is 5.12. The van der Waals surface area contributed by atoms with Gasteiger partial charge in [-0.2, -0.15) is 15.8 Å². The highest BCUT2D eigenvalue weighted by Gasteiger charge is 2.32. The molecule has 3 rings (SSSR count). The standard InChI is InChI=1S/C30H37N5O/c1-3-4-5-10-30(26-11-12-27(22-33)24(2)19-26)35-16-13-28(23-35)34(15-7-14-31)17-18-36-29-9-6-8-25(20-29)21-32/h6,8-9,11-12,19-20,28,30H,3-5,7,10,13,15-18,23H2,1-2H3. The minimum Gasteiger partial charge on any atom is -0.492 e. The maximum Gasteiger partial charge on any atom is 0.120 e. The molecule has 1 saturated heterocycles. The molecule has 1 heterocycles. The summed E-state index contributed by atoms with van der Waals surface area (Å²) in [5, 5.41) is 27.7. The van der Waals surface area contributed by atoms with Crippen molar-refractivity contribution < 1.29 is 4.74 Å². The van der Waals surface area contributed by atoms with Crippen LogP contribution in [0, 0.1) is 40.9 Å². The number of hydrogen-bond donors (Lipinski definition) is 0. The Hall–Kier alpha value is -3.37. The van der Waals surface area contributed by atoms with Crippen molar-refractivity contribution in [3.8, 4) is 24.0 Å². The van der Waals surface area contributed by atoms with E-state index >= 15 is 0 Å². The fraction of sp³-hybridized carbons (Fsp3) is 0.500. The average molecular weight is 484 g/mol. The molecule has 2 aromatic carbocycles. The first kappa shape index (κ1) is 27.2. The van der Waals surface area contributed by atoms with Crippen molar-refractivity contribution in [2.24, 2.45) is 0 Å². The molecule has 1 aliphatic rings. The van der Waals surface area contributed by atoms with Gasteiger partial charge in [0.2, 0.25) is 0 Å². The Morgan fingerprint density at radius 3 is 2.67 bits per heavy atom. The number of benzene rings is 2. The maximum atomic E-state index is 9.36. The lowest BCUT2D eigenvalue weighted by atomic mass is 9.96. The Bertz CT molecular complexity index is 1110. The van der Waals surface area contributed by atoms with Gasteiger partial charge in [0.05, 0.1) is 29.3 Å². The molecule has 0 aromatic heterocycles. The van der Waals surface area contributed by atoms with Gasteiger partial charge >= 0.3 is 0 Å². The average Bonchev–Trinajstić information content (AvgIpc) is 3.38. The van der Waals surface area contributed by atoms with E-state index in [1.165, 1.54) is 24.8 Å². The minimum atomic E-state index is 0.343. The van der Waals surface area contributed by atoms with Gasteiger partial charge in [0.25, 0.3) is 0 Å². The molecule has 0 N–H and O–H groups in total. The molecule has 0 aliphatic carbocycles. The molecule has 6 heteroatoms. The van der Waals surface area contributed by atoms with Crippen molar-refractivity contribution in [2.45, 2.75) is 64.5 Å². The van der Waals surface area contributed by atoms with Crippen molar-refractivity contribution in [1.29, 1.82) is 15.8 Å². The number of likely N-dealkylation sites (tertiary alicyclic amines) is 1. The third-order valence-electron chi connectivity index (χ3n) is 7.11. The second kappa shape index (κ2) is 14.3. The van der Waals surface area contributed by atoms with Gasteiger partial charge in [0.15, 0.2) is 0 Å².